The van der Waals surface area contributed by atoms with Crippen LogP contribution >= 0.6 is 31.9 Å². The van der Waals surface area contributed by atoms with Crippen LogP contribution in [0.25, 0.3) is 0 Å². The lowest BCUT2D eigenvalue weighted by atomic mass is 10.2. The van der Waals surface area contributed by atoms with Crippen LogP contribution in [0.4, 0.5) is 0 Å². The molecule has 0 bridgehead atoms. The normalized spacial score (nSPS) is 11.1. The van der Waals surface area contributed by atoms with Crippen molar-refractivity contribution in [2.75, 3.05) is 13.2 Å². The molecule has 2 aromatic rings. The number of halogens is 2. The minimum Gasteiger partial charge on any atom is -0.493 e. The largest absolute Gasteiger partial charge is 0.493 e. The second-order valence-electron chi connectivity index (χ2n) is 7.50. The number of benzene rings is 2. The molecule has 0 aromatic heterocycles. The van der Waals surface area contributed by atoms with Crippen LogP contribution in [0, 0.1) is 0 Å². The lowest BCUT2D eigenvalue weighted by molar-refractivity contribution is -0.122. The molecule has 10 heteroatoms. The molecule has 0 atom stereocenters. The second kappa shape index (κ2) is 16.0. The summed E-state index contributed by atoms with van der Waals surface area (Å²) in [7, 11) is 0. The van der Waals surface area contributed by atoms with E-state index in [0.717, 1.165) is 32.9 Å². The summed E-state index contributed by atoms with van der Waals surface area (Å²) in [5.74, 6) is 0.820. The topological polar surface area (TPSA) is 101 Å². The standard InChI is InChI=1S/C25H30Br2N4O4/c1-3-12-34-22-10-8-20(26)14-18(22)16-28-30-24(32)6-5-7-25(33)31-29-17-19-15-21(27)9-11-23(19)35-13-4-2/h8-11,14-17H,3-7,12-13H2,1-2H3,(H,30,32)(H,31,33)/b28-16-,29-17-. The molecule has 0 unspecified atom stereocenters. The van der Waals surface area contributed by atoms with Crippen LogP contribution in [-0.2, 0) is 9.59 Å². The first-order valence-electron chi connectivity index (χ1n) is 11.4. The third kappa shape index (κ3) is 11.0. The number of amides is 2. The molecule has 2 amide bonds. The smallest absolute Gasteiger partial charge is 0.240 e. The van der Waals surface area contributed by atoms with Crippen LogP contribution in [0.15, 0.2) is 55.5 Å². The molecule has 2 rings (SSSR count). The van der Waals surface area contributed by atoms with Crippen molar-refractivity contribution in [2.24, 2.45) is 10.2 Å². The summed E-state index contributed by atoms with van der Waals surface area (Å²) in [6, 6.07) is 11.2. The van der Waals surface area contributed by atoms with E-state index in [9.17, 15) is 9.59 Å². The predicted molar refractivity (Wildman–Crippen MR) is 145 cm³/mol. The maximum atomic E-state index is 12.0. The summed E-state index contributed by atoms with van der Waals surface area (Å²) in [6.07, 6.45) is 5.54. The Balaban J connectivity index is 1.76. The van der Waals surface area contributed by atoms with E-state index >= 15 is 0 Å². The van der Waals surface area contributed by atoms with Gasteiger partial charge >= 0.3 is 0 Å². The average Bonchev–Trinajstić information content (AvgIpc) is 2.83. The van der Waals surface area contributed by atoms with E-state index < -0.39 is 0 Å². The molecule has 0 aliphatic rings. The third-order valence-corrected chi connectivity index (χ3v) is 5.45. The van der Waals surface area contributed by atoms with Gasteiger partial charge in [-0.25, -0.2) is 10.9 Å². The van der Waals surface area contributed by atoms with E-state index in [1.807, 2.05) is 50.2 Å². The van der Waals surface area contributed by atoms with Gasteiger partial charge < -0.3 is 9.47 Å². The monoisotopic (exact) mass is 608 g/mol. The van der Waals surface area contributed by atoms with E-state index in [2.05, 4.69) is 52.9 Å². The van der Waals surface area contributed by atoms with E-state index in [0.29, 0.717) is 31.1 Å². The van der Waals surface area contributed by atoms with Gasteiger partial charge in [-0.15, -0.1) is 0 Å². The van der Waals surface area contributed by atoms with Gasteiger partial charge in [0.2, 0.25) is 11.8 Å². The van der Waals surface area contributed by atoms with E-state index in [4.69, 9.17) is 9.47 Å². The van der Waals surface area contributed by atoms with Crippen molar-refractivity contribution < 1.29 is 19.1 Å². The van der Waals surface area contributed by atoms with Gasteiger partial charge in [0.25, 0.3) is 0 Å². The zero-order valence-corrected chi connectivity index (χ0v) is 23.0. The van der Waals surface area contributed by atoms with Crippen molar-refractivity contribution in [2.45, 2.75) is 46.0 Å². The highest BCUT2D eigenvalue weighted by Gasteiger charge is 2.06. The minimum atomic E-state index is -0.282. The van der Waals surface area contributed by atoms with E-state index in [1.54, 1.807) is 0 Å². The van der Waals surface area contributed by atoms with Gasteiger partial charge in [0.15, 0.2) is 0 Å². The van der Waals surface area contributed by atoms with Crippen molar-refractivity contribution in [1.82, 2.24) is 10.9 Å². The first kappa shape index (κ1) is 28.5. The molecule has 0 radical (unpaired) electrons. The molecule has 0 fully saturated rings. The van der Waals surface area contributed by atoms with Crippen LogP contribution in [0.2, 0.25) is 0 Å². The van der Waals surface area contributed by atoms with Gasteiger partial charge in [-0.1, -0.05) is 45.7 Å². The molecule has 0 aliphatic carbocycles. The van der Waals surface area contributed by atoms with Gasteiger partial charge in [-0.3, -0.25) is 9.59 Å². The Labute approximate surface area is 222 Å². The molecule has 35 heavy (non-hydrogen) atoms. The van der Waals surface area contributed by atoms with E-state index in [1.165, 1.54) is 12.4 Å². The van der Waals surface area contributed by atoms with Gasteiger partial charge in [0, 0.05) is 32.9 Å². The highest BCUT2D eigenvalue weighted by Crippen LogP contribution is 2.23. The Hall–Kier alpha value is -2.72. The third-order valence-electron chi connectivity index (χ3n) is 4.46. The van der Waals surface area contributed by atoms with Crippen molar-refractivity contribution in [3.8, 4) is 11.5 Å². The quantitative estimate of drug-likeness (QED) is 0.216. The number of hydrogen-bond acceptors (Lipinski definition) is 6. The summed E-state index contributed by atoms with van der Waals surface area (Å²) in [5.41, 5.74) is 6.46. The zero-order chi connectivity index (χ0) is 25.5. The fourth-order valence-corrected chi connectivity index (χ4v) is 3.55. The number of hydrazone groups is 2. The molecule has 8 nitrogen and oxygen atoms in total. The lowest BCUT2D eigenvalue weighted by Crippen LogP contribution is -2.20. The number of hydrogen-bond donors (Lipinski definition) is 2. The molecule has 0 saturated carbocycles. The molecule has 0 heterocycles. The van der Waals surface area contributed by atoms with Crippen molar-refractivity contribution in [1.29, 1.82) is 0 Å². The fraction of sp³-hybridized carbons (Fsp3) is 0.360. The molecular formula is C25H30Br2N4O4. The van der Waals surface area contributed by atoms with Gasteiger partial charge in [0.05, 0.1) is 25.6 Å². The Bertz CT molecular complexity index is 963. The first-order valence-corrected chi connectivity index (χ1v) is 13.0. The van der Waals surface area contributed by atoms with Crippen molar-refractivity contribution >= 4 is 56.1 Å². The Morgan fingerprint density at radius 3 is 1.63 bits per heavy atom. The number of ether oxygens (including phenoxy) is 2. The van der Waals surface area contributed by atoms with Crippen molar-refractivity contribution in [3.05, 3.63) is 56.5 Å². The summed E-state index contributed by atoms with van der Waals surface area (Å²) < 4.78 is 13.1. The summed E-state index contributed by atoms with van der Waals surface area (Å²) in [6.45, 7) is 5.25. The number of carbonyl (C=O) groups is 2. The predicted octanol–water partition coefficient (Wildman–Crippen LogP) is 5.56. The van der Waals surface area contributed by atoms with Gasteiger partial charge in [-0.05, 0) is 55.7 Å². The number of nitrogens with zero attached hydrogens (tertiary/aromatic N) is 2. The Morgan fingerprint density at radius 1 is 0.800 bits per heavy atom. The molecule has 2 aromatic carbocycles. The number of carbonyl (C=O) groups excluding carboxylic acids is 2. The van der Waals surface area contributed by atoms with E-state index in [-0.39, 0.29) is 24.7 Å². The Morgan fingerprint density at radius 2 is 1.23 bits per heavy atom. The lowest BCUT2D eigenvalue weighted by Gasteiger charge is -2.08. The fourth-order valence-electron chi connectivity index (χ4n) is 2.80. The second-order valence-corrected chi connectivity index (χ2v) is 9.33. The Kier molecular flexibility index (Phi) is 13.1. The molecule has 0 aliphatic heterocycles. The molecular weight excluding hydrogens is 580 g/mol. The van der Waals surface area contributed by atoms with Crippen LogP contribution in [0.1, 0.15) is 57.1 Å². The minimum absolute atomic E-state index is 0.160. The molecule has 0 spiro atoms. The van der Waals surface area contributed by atoms with Crippen molar-refractivity contribution in [3.63, 3.8) is 0 Å². The van der Waals surface area contributed by atoms with Gasteiger partial charge in [-0.2, -0.15) is 10.2 Å². The number of rotatable bonds is 14. The highest BCUT2D eigenvalue weighted by atomic mass is 79.9. The van der Waals surface area contributed by atoms with Crippen LogP contribution < -0.4 is 20.3 Å². The van der Waals surface area contributed by atoms with Crippen LogP contribution in [0.3, 0.4) is 0 Å². The molecule has 0 saturated heterocycles. The molecule has 188 valence electrons. The zero-order valence-electron chi connectivity index (χ0n) is 19.9. The summed E-state index contributed by atoms with van der Waals surface area (Å²) in [5, 5.41) is 8.01. The SMILES string of the molecule is CCCOc1ccc(Br)cc1/C=N\NC(=O)CCCC(=O)N/N=C\c1cc(Br)ccc1OCCC. The summed E-state index contributed by atoms with van der Waals surface area (Å²) >= 11 is 6.84. The maximum absolute atomic E-state index is 12.0. The number of nitrogens with one attached hydrogen (secondary N) is 2. The van der Waals surface area contributed by atoms with Crippen LogP contribution in [0.5, 0.6) is 11.5 Å². The highest BCUT2D eigenvalue weighted by molar-refractivity contribution is 9.10. The van der Waals surface area contributed by atoms with Gasteiger partial charge in [0.1, 0.15) is 11.5 Å². The average molecular weight is 610 g/mol. The first-order chi connectivity index (χ1) is 16.9. The molecule has 2 N–H and O–H groups in total. The van der Waals surface area contributed by atoms with Crippen LogP contribution in [-0.4, -0.2) is 37.5 Å². The summed E-state index contributed by atoms with van der Waals surface area (Å²) in [4.78, 5) is 24.1. The maximum Gasteiger partial charge on any atom is 0.240 e.